The lowest BCUT2D eigenvalue weighted by Crippen LogP contribution is -2.44. The molecular formula is C26H32N4O4S. The third kappa shape index (κ3) is 5.98. The molecule has 1 aliphatic rings. The van der Waals surface area contributed by atoms with Gasteiger partial charge >= 0.3 is 0 Å². The first-order valence-corrected chi connectivity index (χ1v) is 12.6. The Balaban J connectivity index is 1.58. The van der Waals surface area contributed by atoms with E-state index in [2.05, 4.69) is 27.3 Å². The SMILES string of the molecule is CNC(=O)CCN(CCN1CCOCC1)C(=O)c1sc2ccc(-c3cncc(OC)c3)cc2c1C. The summed E-state index contributed by atoms with van der Waals surface area (Å²) in [5.41, 5.74) is 2.94. The second-order valence-electron chi connectivity index (χ2n) is 8.55. The minimum atomic E-state index is -0.0706. The quantitative estimate of drug-likeness (QED) is 0.490. The van der Waals surface area contributed by atoms with E-state index in [1.54, 1.807) is 20.4 Å². The number of fused-ring (bicyclic) bond motifs is 1. The Morgan fingerprint density at radius 2 is 1.97 bits per heavy atom. The maximum absolute atomic E-state index is 13.7. The normalized spacial score (nSPS) is 14.1. The third-order valence-corrected chi connectivity index (χ3v) is 7.64. The summed E-state index contributed by atoms with van der Waals surface area (Å²) in [5.74, 6) is 0.608. The number of morpholine rings is 1. The number of amides is 2. The Bertz CT molecular complexity index is 1190. The molecule has 1 fully saturated rings. The van der Waals surface area contributed by atoms with E-state index in [4.69, 9.17) is 9.47 Å². The van der Waals surface area contributed by atoms with Gasteiger partial charge in [0.25, 0.3) is 5.91 Å². The van der Waals surface area contributed by atoms with Crippen LogP contribution in [0.3, 0.4) is 0 Å². The van der Waals surface area contributed by atoms with Crippen LogP contribution in [0.4, 0.5) is 0 Å². The molecule has 0 unspecified atom stereocenters. The first kappa shape index (κ1) is 25.1. The standard InChI is InChI=1S/C26H32N4O4S/c1-18-22-15-19(20-14-21(33-3)17-28-16-20)4-5-23(22)35-25(18)26(32)30(7-6-24(31)27-2)9-8-29-10-12-34-13-11-29/h4-5,14-17H,6-13H2,1-3H3,(H,27,31). The Hall–Kier alpha value is -3.01. The van der Waals surface area contributed by atoms with Gasteiger partial charge in [-0.2, -0.15) is 0 Å². The van der Waals surface area contributed by atoms with Gasteiger partial charge in [0.2, 0.25) is 5.91 Å². The number of aromatic nitrogens is 1. The van der Waals surface area contributed by atoms with Crippen molar-refractivity contribution in [2.24, 2.45) is 0 Å². The molecule has 9 heteroatoms. The fourth-order valence-corrected chi connectivity index (χ4v) is 5.36. The van der Waals surface area contributed by atoms with Crippen molar-refractivity contribution in [3.8, 4) is 16.9 Å². The van der Waals surface area contributed by atoms with Gasteiger partial charge in [-0.15, -0.1) is 11.3 Å². The van der Waals surface area contributed by atoms with E-state index in [-0.39, 0.29) is 18.2 Å². The number of carbonyl (C=O) groups excluding carboxylic acids is 2. The molecule has 8 nitrogen and oxygen atoms in total. The molecule has 1 aromatic carbocycles. The first-order valence-electron chi connectivity index (χ1n) is 11.8. The van der Waals surface area contributed by atoms with Gasteiger partial charge < -0.3 is 19.7 Å². The smallest absolute Gasteiger partial charge is 0.264 e. The van der Waals surface area contributed by atoms with Crippen LogP contribution in [0.15, 0.2) is 36.7 Å². The largest absolute Gasteiger partial charge is 0.495 e. The molecule has 1 N–H and O–H groups in total. The van der Waals surface area contributed by atoms with Crippen LogP contribution in [0.1, 0.15) is 21.7 Å². The molecule has 3 heterocycles. The van der Waals surface area contributed by atoms with E-state index in [0.717, 1.165) is 51.3 Å². The lowest BCUT2D eigenvalue weighted by Gasteiger charge is -2.30. The van der Waals surface area contributed by atoms with Crippen molar-refractivity contribution < 1.29 is 19.1 Å². The molecule has 4 rings (SSSR count). The van der Waals surface area contributed by atoms with Crippen molar-refractivity contribution in [3.05, 3.63) is 47.1 Å². The number of hydrogen-bond donors (Lipinski definition) is 1. The molecule has 0 radical (unpaired) electrons. The van der Waals surface area contributed by atoms with Crippen LogP contribution < -0.4 is 10.1 Å². The molecule has 3 aromatic rings. The van der Waals surface area contributed by atoms with Gasteiger partial charge in [0.05, 0.1) is 31.4 Å². The molecule has 0 aliphatic carbocycles. The second-order valence-corrected chi connectivity index (χ2v) is 9.60. The zero-order chi connectivity index (χ0) is 24.8. The van der Waals surface area contributed by atoms with E-state index >= 15 is 0 Å². The highest BCUT2D eigenvalue weighted by molar-refractivity contribution is 7.21. The van der Waals surface area contributed by atoms with Gasteiger partial charge in [0, 0.05) is 62.7 Å². The van der Waals surface area contributed by atoms with Gasteiger partial charge in [0.15, 0.2) is 0 Å². The number of nitrogens with zero attached hydrogens (tertiary/aromatic N) is 3. The maximum atomic E-state index is 13.7. The average Bonchev–Trinajstić information content (AvgIpc) is 3.24. The van der Waals surface area contributed by atoms with Crippen LogP contribution in [0.2, 0.25) is 0 Å². The van der Waals surface area contributed by atoms with E-state index in [1.807, 2.05) is 30.2 Å². The number of thiophene rings is 1. The Labute approximate surface area is 209 Å². The first-order chi connectivity index (χ1) is 17.0. The van der Waals surface area contributed by atoms with Crippen LogP contribution in [0.5, 0.6) is 5.75 Å². The van der Waals surface area contributed by atoms with E-state index in [9.17, 15) is 9.59 Å². The molecule has 0 spiro atoms. The minimum Gasteiger partial charge on any atom is -0.495 e. The van der Waals surface area contributed by atoms with E-state index in [0.29, 0.717) is 32.1 Å². The summed E-state index contributed by atoms with van der Waals surface area (Å²) >= 11 is 1.51. The summed E-state index contributed by atoms with van der Waals surface area (Å²) in [6.07, 6.45) is 3.77. The molecular weight excluding hydrogens is 464 g/mol. The Kier molecular flexibility index (Phi) is 8.33. The molecule has 186 valence electrons. The number of hydrogen-bond acceptors (Lipinski definition) is 7. The number of carbonyl (C=O) groups is 2. The average molecular weight is 497 g/mol. The monoisotopic (exact) mass is 496 g/mol. The summed E-state index contributed by atoms with van der Waals surface area (Å²) in [4.78, 5) is 34.7. The van der Waals surface area contributed by atoms with Crippen LogP contribution in [0, 0.1) is 6.92 Å². The number of nitrogens with one attached hydrogen (secondary N) is 1. The molecule has 35 heavy (non-hydrogen) atoms. The van der Waals surface area contributed by atoms with Crippen molar-refractivity contribution in [3.63, 3.8) is 0 Å². The van der Waals surface area contributed by atoms with Gasteiger partial charge in [0.1, 0.15) is 5.75 Å². The molecule has 2 amide bonds. The van der Waals surface area contributed by atoms with Crippen molar-refractivity contribution in [1.29, 1.82) is 0 Å². The highest BCUT2D eigenvalue weighted by Gasteiger charge is 2.23. The number of ether oxygens (including phenoxy) is 2. The second kappa shape index (κ2) is 11.6. The van der Waals surface area contributed by atoms with E-state index < -0.39 is 0 Å². The van der Waals surface area contributed by atoms with Crippen molar-refractivity contribution in [2.75, 3.05) is 60.1 Å². The number of pyridine rings is 1. The number of methoxy groups -OCH3 is 1. The van der Waals surface area contributed by atoms with Gasteiger partial charge in [-0.1, -0.05) is 6.07 Å². The fraction of sp³-hybridized carbons (Fsp3) is 0.423. The lowest BCUT2D eigenvalue weighted by atomic mass is 10.0. The zero-order valence-corrected chi connectivity index (χ0v) is 21.3. The molecule has 0 atom stereocenters. The molecule has 0 saturated carbocycles. The van der Waals surface area contributed by atoms with E-state index in [1.165, 1.54) is 11.3 Å². The molecule has 1 aliphatic heterocycles. The minimum absolute atomic E-state index is 0.0227. The van der Waals surface area contributed by atoms with Gasteiger partial charge in [-0.3, -0.25) is 19.5 Å². The number of rotatable bonds is 9. The van der Waals surface area contributed by atoms with Crippen LogP contribution in [0.25, 0.3) is 21.2 Å². The van der Waals surface area contributed by atoms with Gasteiger partial charge in [-0.25, -0.2) is 0 Å². The number of aryl methyl sites for hydroxylation is 1. The number of benzene rings is 1. The topological polar surface area (TPSA) is 84.0 Å². The summed E-state index contributed by atoms with van der Waals surface area (Å²) < 4.78 is 11.8. The molecule has 2 aromatic heterocycles. The highest BCUT2D eigenvalue weighted by atomic mass is 32.1. The lowest BCUT2D eigenvalue weighted by molar-refractivity contribution is -0.120. The summed E-state index contributed by atoms with van der Waals surface area (Å²) in [6.45, 7) is 6.88. The van der Waals surface area contributed by atoms with Gasteiger partial charge in [-0.05, 0) is 41.6 Å². The van der Waals surface area contributed by atoms with Crippen molar-refractivity contribution in [2.45, 2.75) is 13.3 Å². The summed E-state index contributed by atoms with van der Waals surface area (Å²) in [6, 6.07) is 8.16. The molecule has 1 saturated heterocycles. The zero-order valence-electron chi connectivity index (χ0n) is 20.5. The summed E-state index contributed by atoms with van der Waals surface area (Å²) in [7, 11) is 3.24. The summed E-state index contributed by atoms with van der Waals surface area (Å²) in [5, 5.41) is 3.71. The van der Waals surface area contributed by atoms with Crippen LogP contribution in [-0.4, -0.2) is 86.7 Å². The fourth-order valence-electron chi connectivity index (χ4n) is 4.20. The Morgan fingerprint density at radius 1 is 1.17 bits per heavy atom. The third-order valence-electron chi connectivity index (χ3n) is 6.38. The Morgan fingerprint density at radius 3 is 2.71 bits per heavy atom. The van der Waals surface area contributed by atoms with Crippen LogP contribution >= 0.6 is 11.3 Å². The highest BCUT2D eigenvalue weighted by Crippen LogP contribution is 2.35. The van der Waals surface area contributed by atoms with Crippen LogP contribution in [-0.2, 0) is 9.53 Å². The predicted molar refractivity (Wildman–Crippen MR) is 138 cm³/mol. The maximum Gasteiger partial charge on any atom is 0.264 e. The molecule has 0 bridgehead atoms. The predicted octanol–water partition coefficient (Wildman–Crippen LogP) is 3.19. The van der Waals surface area contributed by atoms with Crippen molar-refractivity contribution >= 4 is 33.2 Å². The van der Waals surface area contributed by atoms with Crippen molar-refractivity contribution in [1.82, 2.24) is 20.1 Å².